The Kier molecular flexibility index (Phi) is 4.26. The Bertz CT molecular complexity index is 102. The van der Waals surface area contributed by atoms with Crippen molar-refractivity contribution in [2.75, 3.05) is 0 Å². The van der Waals surface area contributed by atoms with Gasteiger partial charge in [-0.3, -0.25) is 0 Å². The van der Waals surface area contributed by atoms with Crippen molar-refractivity contribution in [3.05, 3.63) is 0 Å². The van der Waals surface area contributed by atoms with E-state index in [4.69, 9.17) is 5.73 Å². The third-order valence-electron chi connectivity index (χ3n) is 0.345. The first-order valence-electron chi connectivity index (χ1n) is 2.37. The Morgan fingerprint density at radius 2 is 1.88 bits per heavy atom. The largest absolute Gasteiger partial charge is 0.300 e. The number of hydrogen-bond acceptors (Lipinski definition) is 2. The zero-order valence-electron chi connectivity index (χ0n) is 5.40. The summed E-state index contributed by atoms with van der Waals surface area (Å²) in [5.74, 6) is 0. The van der Waals surface area contributed by atoms with Gasteiger partial charge in [0.1, 0.15) is 0 Å². The maximum absolute atomic E-state index is 5.40. The molecular formula is C5H11IN2. The molecule has 0 fully saturated rings. The lowest BCUT2D eigenvalue weighted by Crippen LogP contribution is -1.99. The van der Waals surface area contributed by atoms with Crippen molar-refractivity contribution in [3.63, 3.8) is 0 Å². The second-order valence-corrected chi connectivity index (χ2v) is 4.37. The summed E-state index contributed by atoms with van der Waals surface area (Å²) in [6, 6.07) is 0. The topological polar surface area (TPSA) is 38.4 Å². The van der Waals surface area contributed by atoms with Crippen LogP contribution in [0.25, 0.3) is 0 Å². The normalized spacial score (nSPS) is 12.2. The standard InChI is InChI=1S/C5H11IN2/c1-4(2)8-6-5(3)7/h7H2,1-3H3. The highest BCUT2D eigenvalue weighted by Gasteiger charge is 1.74. The second kappa shape index (κ2) is 4.14. The van der Waals surface area contributed by atoms with Crippen LogP contribution < -0.4 is 5.73 Å². The van der Waals surface area contributed by atoms with E-state index in [1.807, 2.05) is 20.8 Å². The van der Waals surface area contributed by atoms with Gasteiger partial charge < -0.3 is 5.73 Å². The zero-order chi connectivity index (χ0) is 6.57. The molecule has 0 spiro atoms. The van der Waals surface area contributed by atoms with E-state index in [2.05, 4.69) is 3.21 Å². The van der Waals surface area contributed by atoms with E-state index in [0.717, 1.165) is 9.34 Å². The molecule has 0 heterocycles. The summed E-state index contributed by atoms with van der Waals surface area (Å²) in [4.78, 5) is 0. The summed E-state index contributed by atoms with van der Waals surface area (Å²) >= 11 is -0.193. The average molecular weight is 226 g/mol. The van der Waals surface area contributed by atoms with E-state index >= 15 is 0 Å². The molecule has 0 aliphatic rings. The van der Waals surface area contributed by atoms with Gasteiger partial charge in [-0.05, 0) is 20.8 Å². The molecule has 0 saturated carbocycles. The second-order valence-electron chi connectivity index (χ2n) is 1.70. The molecule has 0 rings (SSSR count). The maximum atomic E-state index is 5.40. The first-order chi connectivity index (χ1) is 3.63. The molecule has 0 aliphatic heterocycles. The summed E-state index contributed by atoms with van der Waals surface area (Å²) < 4.78 is 5.17. The molecule has 2 nitrogen and oxygen atoms in total. The molecule has 0 unspecified atom stereocenters. The fourth-order valence-electron chi connectivity index (χ4n) is 0.151. The smallest absolute Gasteiger partial charge is 0.0380 e. The highest BCUT2D eigenvalue weighted by molar-refractivity contribution is 14.2. The molecule has 2 N–H and O–H groups in total. The predicted molar refractivity (Wildman–Crippen MR) is 47.7 cm³/mol. The Balaban J connectivity index is 3.76. The molecule has 0 aliphatic carbocycles. The zero-order valence-corrected chi connectivity index (χ0v) is 7.56. The lowest BCUT2D eigenvalue weighted by atomic mass is 10.5. The summed E-state index contributed by atoms with van der Waals surface area (Å²) in [6.45, 7) is 5.89. The lowest BCUT2D eigenvalue weighted by molar-refractivity contribution is 1.71. The molecule has 0 atom stereocenters. The molecular weight excluding hydrogens is 215 g/mol. The van der Waals surface area contributed by atoms with E-state index in [9.17, 15) is 0 Å². The van der Waals surface area contributed by atoms with Crippen molar-refractivity contribution in [1.29, 1.82) is 0 Å². The van der Waals surface area contributed by atoms with Gasteiger partial charge in [-0.2, -0.15) is 0 Å². The minimum atomic E-state index is -0.193. The minimum absolute atomic E-state index is 0.193. The van der Waals surface area contributed by atoms with Crippen LogP contribution in [0.4, 0.5) is 0 Å². The van der Waals surface area contributed by atoms with E-state index < -0.39 is 0 Å². The molecule has 0 radical (unpaired) electrons. The maximum Gasteiger partial charge on any atom is 0.0380 e. The van der Waals surface area contributed by atoms with Gasteiger partial charge >= 0.3 is 0 Å². The quantitative estimate of drug-likeness (QED) is 0.533. The van der Waals surface area contributed by atoms with Crippen LogP contribution in [0, 0.1) is 0 Å². The summed E-state index contributed by atoms with van der Waals surface area (Å²) in [6.07, 6.45) is 0. The van der Waals surface area contributed by atoms with E-state index in [1.165, 1.54) is 0 Å². The summed E-state index contributed by atoms with van der Waals surface area (Å²) in [5, 5.41) is 0. The van der Waals surface area contributed by atoms with E-state index in [0.29, 0.717) is 0 Å². The SMILES string of the molecule is CC(C)=NI=C(C)N. The first kappa shape index (κ1) is 8.23. The number of hydrogen-bond donors (Lipinski definition) is 1. The van der Waals surface area contributed by atoms with Crippen LogP contribution in [0.3, 0.4) is 0 Å². The molecule has 48 valence electrons. The van der Waals surface area contributed by atoms with Gasteiger partial charge in [-0.15, -0.1) is 0 Å². The van der Waals surface area contributed by atoms with Gasteiger partial charge in [-0.25, -0.2) is 3.21 Å². The minimum Gasteiger partial charge on any atom is -0.300 e. The van der Waals surface area contributed by atoms with Gasteiger partial charge in [0.25, 0.3) is 0 Å². The Labute approximate surface area is 60.3 Å². The molecule has 0 aromatic carbocycles. The lowest BCUT2D eigenvalue weighted by Gasteiger charge is -1.82. The highest BCUT2D eigenvalue weighted by atomic mass is 127. The molecule has 0 aromatic rings. The molecule has 0 saturated heterocycles. The number of nitrogens with two attached hydrogens (primary N) is 1. The number of rotatable bonds is 1. The Hall–Kier alpha value is 0.230. The van der Waals surface area contributed by atoms with Gasteiger partial charge in [0.15, 0.2) is 0 Å². The third kappa shape index (κ3) is 6.23. The van der Waals surface area contributed by atoms with Gasteiger partial charge in [0.2, 0.25) is 0 Å². The molecule has 0 aromatic heterocycles. The molecule has 8 heavy (non-hydrogen) atoms. The van der Waals surface area contributed by atoms with Crippen LogP contribution in [-0.4, -0.2) is 9.34 Å². The van der Waals surface area contributed by atoms with E-state index in [1.54, 1.807) is 0 Å². The van der Waals surface area contributed by atoms with Crippen molar-refractivity contribution in [3.8, 4) is 0 Å². The highest BCUT2D eigenvalue weighted by Crippen LogP contribution is 1.98. The van der Waals surface area contributed by atoms with E-state index in [-0.39, 0.29) is 21.0 Å². The van der Waals surface area contributed by atoms with Crippen LogP contribution in [0.15, 0.2) is 3.21 Å². The van der Waals surface area contributed by atoms with Crippen molar-refractivity contribution in [2.45, 2.75) is 20.8 Å². The van der Waals surface area contributed by atoms with Crippen molar-refractivity contribution in [1.82, 2.24) is 0 Å². The van der Waals surface area contributed by atoms with Crippen LogP contribution in [-0.2, 0) is 0 Å². The van der Waals surface area contributed by atoms with Crippen molar-refractivity contribution in [2.24, 2.45) is 8.94 Å². The molecule has 0 bridgehead atoms. The van der Waals surface area contributed by atoms with Gasteiger partial charge in [0.05, 0.1) is 0 Å². The summed E-state index contributed by atoms with van der Waals surface area (Å²) in [7, 11) is 0. The predicted octanol–water partition coefficient (Wildman–Crippen LogP) is 1.46. The Morgan fingerprint density at radius 1 is 1.38 bits per heavy atom. The Morgan fingerprint density at radius 3 is 2.00 bits per heavy atom. The number of nitrogens with zero attached hydrogens (tertiary/aromatic N) is 1. The van der Waals surface area contributed by atoms with Crippen molar-refractivity contribution >= 4 is 30.3 Å². The van der Waals surface area contributed by atoms with Crippen molar-refractivity contribution < 1.29 is 0 Å². The third-order valence-corrected chi connectivity index (χ3v) is 2.31. The fourth-order valence-corrected chi connectivity index (χ4v) is 1.01. The average Bonchev–Trinajstić information content (AvgIpc) is 1.61. The summed E-state index contributed by atoms with van der Waals surface area (Å²) in [5.41, 5.74) is 6.53. The van der Waals surface area contributed by atoms with Gasteiger partial charge in [-0.1, -0.05) is 0 Å². The van der Waals surface area contributed by atoms with Crippen LogP contribution >= 0.6 is 21.0 Å². The van der Waals surface area contributed by atoms with Crippen LogP contribution in [0.1, 0.15) is 20.8 Å². The molecule has 3 heteroatoms. The number of halogens is 1. The fraction of sp³-hybridized carbons (Fsp3) is 0.600. The van der Waals surface area contributed by atoms with Gasteiger partial charge in [0, 0.05) is 30.3 Å². The monoisotopic (exact) mass is 226 g/mol. The molecule has 0 amide bonds. The van der Waals surface area contributed by atoms with Crippen LogP contribution in [0.5, 0.6) is 0 Å². The van der Waals surface area contributed by atoms with Crippen LogP contribution in [0.2, 0.25) is 0 Å². The first-order valence-corrected chi connectivity index (χ1v) is 4.41.